The molecule has 1 N–H and O–H groups in total. The fourth-order valence-corrected chi connectivity index (χ4v) is 6.16. The minimum atomic E-state index is -3.70. The Labute approximate surface area is 224 Å². The topological polar surface area (TPSA) is 79.4 Å². The first-order valence-electron chi connectivity index (χ1n) is 13.0. The van der Waals surface area contributed by atoms with Gasteiger partial charge in [-0.05, 0) is 84.3 Å². The van der Waals surface area contributed by atoms with Gasteiger partial charge in [0, 0.05) is 18.7 Å². The van der Waals surface area contributed by atoms with Crippen LogP contribution >= 0.6 is 0 Å². The first-order valence-corrected chi connectivity index (χ1v) is 14.4. The molecule has 5 rings (SSSR count). The van der Waals surface area contributed by atoms with E-state index in [1.54, 1.807) is 23.2 Å². The normalized spacial score (nSPS) is 14.7. The highest BCUT2D eigenvalue weighted by Gasteiger charge is 2.29. The van der Waals surface area contributed by atoms with Crippen LogP contribution in [0.5, 0.6) is 0 Å². The molecule has 0 radical (unpaired) electrons. The summed E-state index contributed by atoms with van der Waals surface area (Å²) in [6.07, 6.45) is 4.89. The number of carbonyl (C=O) groups excluding carboxylic acids is 1. The Bertz CT molecular complexity index is 1510. The summed E-state index contributed by atoms with van der Waals surface area (Å²) in [5.41, 5.74) is 4.84. The van der Waals surface area contributed by atoms with E-state index in [9.17, 15) is 13.2 Å². The quantitative estimate of drug-likeness (QED) is 0.295. The Kier molecular flexibility index (Phi) is 7.67. The van der Waals surface area contributed by atoms with E-state index in [4.69, 9.17) is 0 Å². The van der Waals surface area contributed by atoms with Crippen molar-refractivity contribution in [3.63, 3.8) is 0 Å². The van der Waals surface area contributed by atoms with Crippen molar-refractivity contribution in [1.29, 1.82) is 0 Å². The van der Waals surface area contributed by atoms with Crippen molar-refractivity contribution in [3.8, 4) is 0 Å². The molecule has 0 fully saturated rings. The van der Waals surface area contributed by atoms with Crippen LogP contribution in [-0.4, -0.2) is 19.3 Å². The number of pyridine rings is 1. The molecule has 0 spiro atoms. The Hall–Kier alpha value is -3.81. The second kappa shape index (κ2) is 11.3. The van der Waals surface area contributed by atoms with Gasteiger partial charge >= 0.3 is 0 Å². The second-order valence-corrected chi connectivity index (χ2v) is 11.2. The first kappa shape index (κ1) is 25.8. The number of anilines is 2. The number of fused-ring (bicyclic) bond motifs is 1. The summed E-state index contributed by atoms with van der Waals surface area (Å²) in [5.74, 6) is 0.468. The minimum Gasteiger partial charge on any atom is -0.274 e. The molecule has 1 atom stereocenters. The molecule has 6 nitrogen and oxygen atoms in total. The third-order valence-electron chi connectivity index (χ3n) is 7.00. The average Bonchev–Trinajstić information content (AvgIpc) is 3.34. The predicted octanol–water partition coefficient (Wildman–Crippen LogP) is 5.91. The van der Waals surface area contributed by atoms with Crippen LogP contribution < -0.4 is 9.62 Å². The molecule has 38 heavy (non-hydrogen) atoms. The van der Waals surface area contributed by atoms with E-state index < -0.39 is 10.0 Å². The average molecular weight is 526 g/mol. The Balaban J connectivity index is 1.42. The molecule has 7 heteroatoms. The third-order valence-corrected chi connectivity index (χ3v) is 8.49. The van der Waals surface area contributed by atoms with Gasteiger partial charge in [0.05, 0.1) is 10.6 Å². The number of aromatic nitrogens is 1. The molecule has 0 bridgehead atoms. The molecular weight excluding hydrogens is 494 g/mol. The fourth-order valence-electron chi connectivity index (χ4n) is 4.91. The number of aryl methyl sites for hydroxylation is 3. The third kappa shape index (κ3) is 5.69. The highest BCUT2D eigenvalue weighted by Crippen LogP contribution is 2.37. The van der Waals surface area contributed by atoms with Crippen LogP contribution in [0, 0.1) is 0 Å². The number of sulfonamides is 1. The van der Waals surface area contributed by atoms with Gasteiger partial charge in [0.15, 0.2) is 0 Å². The largest absolute Gasteiger partial charge is 0.274 e. The van der Waals surface area contributed by atoms with Crippen LogP contribution in [-0.2, 0) is 34.1 Å². The van der Waals surface area contributed by atoms with Gasteiger partial charge < -0.3 is 0 Å². The van der Waals surface area contributed by atoms with Crippen LogP contribution in [0.2, 0.25) is 0 Å². The standard InChI is InChI=1S/C31H31N3O3S/c1-2-23-11-17-27(18-12-23)38(36,37)33-29-19-15-25-14-16-26(22-28(25)29)34(30-10-6-7-21-32-30)31(35)20-13-24-8-4-3-5-9-24/h3-12,14,16-18,21-22,29,33H,2,13,15,19-20H2,1H3. The molecule has 1 aromatic heterocycles. The molecule has 0 saturated carbocycles. The summed E-state index contributed by atoms with van der Waals surface area (Å²) in [6, 6.07) is 27.9. The highest BCUT2D eigenvalue weighted by atomic mass is 32.2. The molecule has 0 aliphatic heterocycles. The maximum atomic E-state index is 13.5. The number of nitrogens with one attached hydrogen (secondary N) is 1. The number of carbonyl (C=O) groups is 1. The van der Waals surface area contributed by atoms with E-state index in [-0.39, 0.29) is 16.8 Å². The van der Waals surface area contributed by atoms with Crippen LogP contribution in [0.3, 0.4) is 0 Å². The number of nitrogens with zero attached hydrogens (tertiary/aromatic N) is 2. The Morgan fingerprint density at radius 1 is 0.947 bits per heavy atom. The number of rotatable bonds is 9. The Morgan fingerprint density at radius 3 is 2.42 bits per heavy atom. The molecule has 1 amide bonds. The molecule has 1 aliphatic rings. The second-order valence-electron chi connectivity index (χ2n) is 9.50. The molecular formula is C31H31N3O3S. The molecule has 3 aromatic carbocycles. The summed E-state index contributed by atoms with van der Waals surface area (Å²) >= 11 is 0. The van der Waals surface area contributed by atoms with Crippen molar-refractivity contribution in [2.24, 2.45) is 0 Å². The summed E-state index contributed by atoms with van der Waals surface area (Å²) in [7, 11) is -3.70. The zero-order chi connectivity index (χ0) is 26.5. The van der Waals surface area contributed by atoms with Gasteiger partial charge in [-0.25, -0.2) is 18.1 Å². The predicted molar refractivity (Wildman–Crippen MR) is 150 cm³/mol. The Morgan fingerprint density at radius 2 is 1.71 bits per heavy atom. The maximum absolute atomic E-state index is 13.5. The molecule has 1 aliphatic carbocycles. The zero-order valence-electron chi connectivity index (χ0n) is 21.4. The van der Waals surface area contributed by atoms with Crippen molar-refractivity contribution in [2.45, 2.75) is 50.0 Å². The van der Waals surface area contributed by atoms with Crippen molar-refractivity contribution < 1.29 is 13.2 Å². The smallest absolute Gasteiger partial charge is 0.241 e. The number of benzene rings is 3. The van der Waals surface area contributed by atoms with Crippen LogP contribution in [0.4, 0.5) is 11.5 Å². The van der Waals surface area contributed by atoms with Gasteiger partial charge in [0.1, 0.15) is 5.82 Å². The summed E-state index contributed by atoms with van der Waals surface area (Å²) in [5, 5.41) is 0. The maximum Gasteiger partial charge on any atom is 0.241 e. The monoisotopic (exact) mass is 525 g/mol. The summed E-state index contributed by atoms with van der Waals surface area (Å²) in [6.45, 7) is 2.04. The van der Waals surface area contributed by atoms with Crippen LogP contribution in [0.25, 0.3) is 0 Å². The van der Waals surface area contributed by atoms with E-state index in [2.05, 4.69) is 9.71 Å². The molecule has 1 heterocycles. The van der Waals surface area contributed by atoms with E-state index in [1.807, 2.05) is 85.8 Å². The lowest BCUT2D eigenvalue weighted by Gasteiger charge is -2.24. The van der Waals surface area contributed by atoms with Crippen molar-refractivity contribution in [3.05, 3.63) is 119 Å². The van der Waals surface area contributed by atoms with Gasteiger partial charge in [-0.1, -0.05) is 61.5 Å². The zero-order valence-corrected chi connectivity index (χ0v) is 22.2. The molecule has 0 saturated heterocycles. The van der Waals surface area contributed by atoms with E-state index in [0.29, 0.717) is 30.8 Å². The number of amides is 1. The lowest BCUT2D eigenvalue weighted by Crippen LogP contribution is -2.29. The highest BCUT2D eigenvalue weighted by molar-refractivity contribution is 7.89. The molecule has 1 unspecified atom stereocenters. The first-order chi connectivity index (χ1) is 18.4. The van der Waals surface area contributed by atoms with Crippen molar-refractivity contribution in [1.82, 2.24) is 9.71 Å². The summed E-state index contributed by atoms with van der Waals surface area (Å²) < 4.78 is 29.3. The van der Waals surface area contributed by atoms with E-state index >= 15 is 0 Å². The fraction of sp³-hybridized carbons (Fsp3) is 0.226. The van der Waals surface area contributed by atoms with Gasteiger partial charge in [0.2, 0.25) is 15.9 Å². The van der Waals surface area contributed by atoms with Crippen molar-refractivity contribution >= 4 is 27.4 Å². The lowest BCUT2D eigenvalue weighted by molar-refractivity contribution is -0.117. The SMILES string of the molecule is CCc1ccc(S(=O)(=O)NC2CCc3ccc(N(C(=O)CCc4ccccc4)c4ccccn4)cc32)cc1. The van der Waals surface area contributed by atoms with Gasteiger partial charge in [-0.3, -0.25) is 9.69 Å². The molecule has 4 aromatic rings. The lowest BCUT2D eigenvalue weighted by atomic mass is 10.1. The molecule has 194 valence electrons. The number of hydrogen-bond acceptors (Lipinski definition) is 4. The van der Waals surface area contributed by atoms with Crippen molar-refractivity contribution in [2.75, 3.05) is 4.90 Å². The van der Waals surface area contributed by atoms with E-state index in [1.165, 1.54) is 0 Å². The van der Waals surface area contributed by atoms with Crippen LogP contribution in [0.15, 0.2) is 102 Å². The van der Waals surface area contributed by atoms with Gasteiger partial charge in [-0.15, -0.1) is 0 Å². The minimum absolute atomic E-state index is 0.0707. The van der Waals surface area contributed by atoms with Gasteiger partial charge in [0.25, 0.3) is 0 Å². The summed E-state index contributed by atoms with van der Waals surface area (Å²) in [4.78, 5) is 19.9. The van der Waals surface area contributed by atoms with E-state index in [0.717, 1.165) is 35.1 Å². The number of hydrogen-bond donors (Lipinski definition) is 1. The van der Waals surface area contributed by atoms with Gasteiger partial charge in [-0.2, -0.15) is 0 Å². The van der Waals surface area contributed by atoms with Crippen LogP contribution in [0.1, 0.15) is 48.1 Å².